The van der Waals surface area contributed by atoms with Crippen molar-refractivity contribution in [1.82, 2.24) is 15.3 Å². The lowest BCUT2D eigenvalue weighted by Gasteiger charge is -2.26. The highest BCUT2D eigenvalue weighted by Gasteiger charge is 2.23. The highest BCUT2D eigenvalue weighted by atomic mass is 16.5. The first-order valence-electron chi connectivity index (χ1n) is 7.85. The van der Waals surface area contributed by atoms with Crippen molar-refractivity contribution in [2.75, 3.05) is 20.3 Å². The molecule has 1 saturated carbocycles. The van der Waals surface area contributed by atoms with Crippen LogP contribution in [0.15, 0.2) is 12.3 Å². The summed E-state index contributed by atoms with van der Waals surface area (Å²) in [6, 6.07) is 2.00. The number of nitrogens with one attached hydrogen (secondary N) is 1. The molecule has 112 valence electrons. The van der Waals surface area contributed by atoms with E-state index in [1.807, 2.05) is 12.3 Å². The second-order valence-electron chi connectivity index (χ2n) is 5.70. The second-order valence-corrected chi connectivity index (χ2v) is 5.70. The van der Waals surface area contributed by atoms with Gasteiger partial charge >= 0.3 is 0 Å². The van der Waals surface area contributed by atoms with Gasteiger partial charge in [0.1, 0.15) is 5.82 Å². The van der Waals surface area contributed by atoms with E-state index in [1.165, 1.54) is 32.1 Å². The monoisotopic (exact) mass is 277 g/mol. The van der Waals surface area contributed by atoms with Crippen molar-refractivity contribution in [1.29, 1.82) is 0 Å². The van der Waals surface area contributed by atoms with Crippen LogP contribution in [0.2, 0.25) is 0 Å². The predicted molar refractivity (Wildman–Crippen MR) is 80.6 cm³/mol. The van der Waals surface area contributed by atoms with Gasteiger partial charge in [0.15, 0.2) is 0 Å². The molecular weight excluding hydrogens is 250 g/mol. The SMILES string of the molecule is CCC1CCC(c2nccc(CNCCOC)n2)CC1. The number of hydrogen-bond acceptors (Lipinski definition) is 4. The molecule has 0 saturated heterocycles. The molecular formula is C16H27N3O. The fourth-order valence-corrected chi connectivity index (χ4v) is 2.93. The Morgan fingerprint density at radius 3 is 2.80 bits per heavy atom. The minimum atomic E-state index is 0.566. The van der Waals surface area contributed by atoms with Gasteiger partial charge in [-0.2, -0.15) is 0 Å². The maximum Gasteiger partial charge on any atom is 0.131 e. The van der Waals surface area contributed by atoms with Crippen molar-refractivity contribution >= 4 is 0 Å². The van der Waals surface area contributed by atoms with Gasteiger partial charge in [-0.3, -0.25) is 0 Å². The standard InChI is InChI=1S/C16H27N3O/c1-3-13-4-6-14(7-5-13)16-18-9-8-15(19-16)12-17-10-11-20-2/h8-9,13-14,17H,3-7,10-12H2,1-2H3. The smallest absolute Gasteiger partial charge is 0.131 e. The van der Waals surface area contributed by atoms with E-state index in [4.69, 9.17) is 9.72 Å². The minimum Gasteiger partial charge on any atom is -0.383 e. The van der Waals surface area contributed by atoms with E-state index < -0.39 is 0 Å². The van der Waals surface area contributed by atoms with Gasteiger partial charge in [-0.25, -0.2) is 9.97 Å². The van der Waals surface area contributed by atoms with Crippen molar-refractivity contribution in [3.8, 4) is 0 Å². The minimum absolute atomic E-state index is 0.566. The summed E-state index contributed by atoms with van der Waals surface area (Å²) in [6.07, 6.45) is 8.39. The molecule has 4 heteroatoms. The lowest BCUT2D eigenvalue weighted by atomic mass is 9.80. The third-order valence-corrected chi connectivity index (χ3v) is 4.31. The van der Waals surface area contributed by atoms with Gasteiger partial charge in [-0.1, -0.05) is 13.3 Å². The number of nitrogens with zero attached hydrogens (tertiary/aromatic N) is 2. The van der Waals surface area contributed by atoms with E-state index in [1.54, 1.807) is 7.11 Å². The summed E-state index contributed by atoms with van der Waals surface area (Å²) >= 11 is 0. The number of hydrogen-bond donors (Lipinski definition) is 1. The first-order chi connectivity index (χ1) is 9.83. The molecule has 0 bridgehead atoms. The van der Waals surface area contributed by atoms with Crippen LogP contribution in [0.25, 0.3) is 0 Å². The Balaban J connectivity index is 1.86. The summed E-state index contributed by atoms with van der Waals surface area (Å²) in [4.78, 5) is 9.23. The van der Waals surface area contributed by atoms with Gasteiger partial charge in [0, 0.05) is 32.3 Å². The van der Waals surface area contributed by atoms with Crippen LogP contribution in [0.5, 0.6) is 0 Å². The van der Waals surface area contributed by atoms with Crippen LogP contribution in [0.4, 0.5) is 0 Å². The molecule has 0 unspecified atom stereocenters. The lowest BCUT2D eigenvalue weighted by Crippen LogP contribution is -2.20. The molecule has 0 aromatic carbocycles. The predicted octanol–water partition coefficient (Wildman–Crippen LogP) is 2.90. The summed E-state index contributed by atoms with van der Waals surface area (Å²) in [5.74, 6) is 2.53. The van der Waals surface area contributed by atoms with Crippen LogP contribution in [0.1, 0.15) is 56.5 Å². The van der Waals surface area contributed by atoms with Gasteiger partial charge in [0.2, 0.25) is 0 Å². The molecule has 0 aliphatic heterocycles. The van der Waals surface area contributed by atoms with E-state index in [-0.39, 0.29) is 0 Å². The zero-order valence-electron chi connectivity index (χ0n) is 12.8. The first kappa shape index (κ1) is 15.4. The summed E-state index contributed by atoms with van der Waals surface area (Å²) in [5.41, 5.74) is 1.09. The largest absolute Gasteiger partial charge is 0.383 e. The Hall–Kier alpha value is -1.00. The van der Waals surface area contributed by atoms with Crippen LogP contribution < -0.4 is 5.32 Å². The Kier molecular flexibility index (Phi) is 6.40. The molecule has 1 N–H and O–H groups in total. The van der Waals surface area contributed by atoms with Gasteiger partial charge in [-0.05, 0) is 37.7 Å². The van der Waals surface area contributed by atoms with Crippen molar-refractivity contribution in [2.24, 2.45) is 5.92 Å². The summed E-state index contributed by atoms with van der Waals surface area (Å²) in [5, 5.41) is 3.33. The fraction of sp³-hybridized carbons (Fsp3) is 0.750. The molecule has 4 nitrogen and oxygen atoms in total. The number of rotatable bonds is 7. The van der Waals surface area contributed by atoms with Crippen molar-refractivity contribution < 1.29 is 4.74 Å². The molecule has 0 atom stereocenters. The topological polar surface area (TPSA) is 47.0 Å². The molecule has 0 radical (unpaired) electrons. The van der Waals surface area contributed by atoms with Crippen LogP contribution in [0.3, 0.4) is 0 Å². The van der Waals surface area contributed by atoms with E-state index in [0.717, 1.165) is 37.1 Å². The summed E-state index contributed by atoms with van der Waals surface area (Å²) in [7, 11) is 1.72. The maximum atomic E-state index is 5.02. The van der Waals surface area contributed by atoms with E-state index in [0.29, 0.717) is 5.92 Å². The quantitative estimate of drug-likeness (QED) is 0.779. The molecule has 20 heavy (non-hydrogen) atoms. The number of methoxy groups -OCH3 is 1. The maximum absolute atomic E-state index is 5.02. The van der Waals surface area contributed by atoms with Gasteiger partial charge in [0.25, 0.3) is 0 Å². The fourth-order valence-electron chi connectivity index (χ4n) is 2.93. The Morgan fingerprint density at radius 2 is 2.10 bits per heavy atom. The van der Waals surface area contributed by atoms with Crippen LogP contribution in [-0.2, 0) is 11.3 Å². The average Bonchev–Trinajstić information content (AvgIpc) is 2.52. The van der Waals surface area contributed by atoms with Crippen molar-refractivity contribution in [2.45, 2.75) is 51.5 Å². The highest BCUT2D eigenvalue weighted by molar-refractivity contribution is 5.06. The van der Waals surface area contributed by atoms with E-state index >= 15 is 0 Å². The normalized spacial score (nSPS) is 22.9. The van der Waals surface area contributed by atoms with Crippen molar-refractivity contribution in [3.05, 3.63) is 23.8 Å². The zero-order chi connectivity index (χ0) is 14.2. The van der Waals surface area contributed by atoms with Crippen molar-refractivity contribution in [3.63, 3.8) is 0 Å². The molecule has 0 amide bonds. The Labute approximate surface area is 122 Å². The van der Waals surface area contributed by atoms with Gasteiger partial charge < -0.3 is 10.1 Å². The third kappa shape index (κ3) is 4.53. The van der Waals surface area contributed by atoms with Gasteiger partial charge in [-0.15, -0.1) is 0 Å². The van der Waals surface area contributed by atoms with Crippen LogP contribution in [0, 0.1) is 5.92 Å². The highest BCUT2D eigenvalue weighted by Crippen LogP contribution is 2.35. The summed E-state index contributed by atoms with van der Waals surface area (Å²) in [6.45, 7) is 4.69. The van der Waals surface area contributed by atoms with Crippen LogP contribution >= 0.6 is 0 Å². The third-order valence-electron chi connectivity index (χ3n) is 4.31. The Bertz CT molecular complexity index is 389. The number of ether oxygens (including phenoxy) is 1. The molecule has 1 fully saturated rings. The molecule has 1 aromatic rings. The molecule has 1 aliphatic carbocycles. The van der Waals surface area contributed by atoms with Gasteiger partial charge in [0.05, 0.1) is 12.3 Å². The lowest BCUT2D eigenvalue weighted by molar-refractivity contribution is 0.199. The number of aromatic nitrogens is 2. The zero-order valence-corrected chi connectivity index (χ0v) is 12.8. The van der Waals surface area contributed by atoms with E-state index in [2.05, 4.69) is 17.2 Å². The molecule has 2 rings (SSSR count). The molecule has 1 aliphatic rings. The van der Waals surface area contributed by atoms with Crippen LogP contribution in [-0.4, -0.2) is 30.2 Å². The molecule has 0 spiro atoms. The summed E-state index contributed by atoms with van der Waals surface area (Å²) < 4.78 is 5.02. The molecule has 1 aromatic heterocycles. The average molecular weight is 277 g/mol. The second kappa shape index (κ2) is 8.32. The Morgan fingerprint density at radius 1 is 1.30 bits per heavy atom. The van der Waals surface area contributed by atoms with E-state index in [9.17, 15) is 0 Å². The first-order valence-corrected chi connectivity index (χ1v) is 7.85. The molecule has 1 heterocycles.